The van der Waals surface area contributed by atoms with Crippen molar-refractivity contribution in [2.45, 2.75) is 57.9 Å². The van der Waals surface area contributed by atoms with E-state index in [-0.39, 0.29) is 24.6 Å². The molecular weight excluding hydrogens is 641 g/mol. The van der Waals surface area contributed by atoms with Gasteiger partial charge in [-0.25, -0.2) is 15.0 Å². The van der Waals surface area contributed by atoms with Gasteiger partial charge in [-0.1, -0.05) is 72.8 Å². The van der Waals surface area contributed by atoms with E-state index in [0.717, 1.165) is 22.4 Å². The summed E-state index contributed by atoms with van der Waals surface area (Å²) in [6.45, 7) is 7.96. The van der Waals surface area contributed by atoms with Crippen molar-refractivity contribution in [3.05, 3.63) is 114 Å². The fourth-order valence-corrected chi connectivity index (χ4v) is 7.75. The summed E-state index contributed by atoms with van der Waals surface area (Å²) in [6.07, 6.45) is 3.17. The Labute approximate surface area is 288 Å². The minimum atomic E-state index is -3.42. The van der Waals surface area contributed by atoms with E-state index in [1.54, 1.807) is 26.9 Å². The minimum Gasteiger partial charge on any atom is -0.497 e. The van der Waals surface area contributed by atoms with Crippen LogP contribution in [0.2, 0.25) is 0 Å². The Morgan fingerprint density at radius 2 is 1.39 bits per heavy atom. The molecule has 0 aliphatic heterocycles. The van der Waals surface area contributed by atoms with E-state index in [0.29, 0.717) is 36.6 Å². The van der Waals surface area contributed by atoms with Crippen LogP contribution in [-0.4, -0.2) is 65.5 Å². The van der Waals surface area contributed by atoms with Crippen LogP contribution >= 0.6 is 7.60 Å². The minimum absolute atomic E-state index is 0.142. The molecule has 0 bridgehead atoms. The van der Waals surface area contributed by atoms with Gasteiger partial charge >= 0.3 is 7.60 Å². The van der Waals surface area contributed by atoms with Crippen LogP contribution in [0.3, 0.4) is 0 Å². The van der Waals surface area contributed by atoms with Crippen molar-refractivity contribution >= 4 is 24.6 Å². The average molecular weight is 688 g/mol. The van der Waals surface area contributed by atoms with Crippen LogP contribution in [0.1, 0.15) is 56.8 Å². The standard InChI is InChI=1S/C37H46N5O6P/c1-27(2)47-49(43,48-28(3)4)26-46-22-21-32(23-44-5)42-25-40-34-35(38-24-39-36(34)42)41-37(29-13-9-7-10-14-29,30-15-11-8-12-16-30)31-17-19-33(45-6)20-18-31/h7-20,24-25,27-28,32H,21-23,26H2,1-6H3,(H,38,39,41). The lowest BCUT2D eigenvalue weighted by Crippen LogP contribution is -2.38. The van der Waals surface area contributed by atoms with Gasteiger partial charge in [-0.15, -0.1) is 0 Å². The zero-order valence-electron chi connectivity index (χ0n) is 29.0. The second-order valence-corrected chi connectivity index (χ2v) is 14.1. The van der Waals surface area contributed by atoms with Crippen LogP contribution < -0.4 is 10.1 Å². The molecule has 0 aliphatic rings. The molecule has 2 heterocycles. The highest BCUT2D eigenvalue weighted by Crippen LogP contribution is 2.50. The Bertz CT molecular complexity index is 1750. The smallest absolute Gasteiger partial charge is 0.356 e. The van der Waals surface area contributed by atoms with Crippen LogP contribution in [0.4, 0.5) is 5.82 Å². The molecule has 1 atom stereocenters. The molecule has 5 aromatic rings. The molecule has 0 saturated heterocycles. The average Bonchev–Trinajstić information content (AvgIpc) is 3.54. The summed E-state index contributed by atoms with van der Waals surface area (Å²) in [5.74, 6) is 1.33. The Kier molecular flexibility index (Phi) is 12.2. The first-order chi connectivity index (χ1) is 23.7. The van der Waals surface area contributed by atoms with Gasteiger partial charge in [0.15, 0.2) is 11.5 Å². The first-order valence-electron chi connectivity index (χ1n) is 16.4. The molecule has 1 N–H and O–H groups in total. The molecule has 0 amide bonds. The van der Waals surface area contributed by atoms with E-state index in [9.17, 15) is 4.57 Å². The fraction of sp³-hybridized carbons (Fsp3) is 0.378. The zero-order valence-corrected chi connectivity index (χ0v) is 29.9. The van der Waals surface area contributed by atoms with Gasteiger partial charge in [0.2, 0.25) is 0 Å². The van der Waals surface area contributed by atoms with E-state index in [1.807, 2.05) is 80.8 Å². The molecule has 0 fully saturated rings. The van der Waals surface area contributed by atoms with Crippen molar-refractivity contribution < 1.29 is 27.8 Å². The van der Waals surface area contributed by atoms with Gasteiger partial charge in [-0.2, -0.15) is 0 Å². The lowest BCUT2D eigenvalue weighted by Gasteiger charge is -2.37. The summed E-state index contributed by atoms with van der Waals surface area (Å²) >= 11 is 0. The maximum Gasteiger partial charge on any atom is 0.356 e. The highest BCUT2D eigenvalue weighted by Gasteiger charge is 2.38. The molecule has 49 heavy (non-hydrogen) atoms. The zero-order chi connectivity index (χ0) is 34.9. The third kappa shape index (κ3) is 8.55. The Balaban J connectivity index is 1.49. The summed E-state index contributed by atoms with van der Waals surface area (Å²) in [5.41, 5.74) is 3.44. The summed E-state index contributed by atoms with van der Waals surface area (Å²) in [4.78, 5) is 14.2. The number of rotatable bonds is 18. The monoisotopic (exact) mass is 687 g/mol. The number of ether oxygens (including phenoxy) is 3. The molecule has 1 unspecified atom stereocenters. The molecule has 0 radical (unpaired) electrons. The number of nitrogens with zero attached hydrogens (tertiary/aromatic N) is 4. The molecule has 2 aromatic heterocycles. The molecule has 11 nitrogen and oxygen atoms in total. The van der Waals surface area contributed by atoms with Gasteiger partial charge in [-0.3, -0.25) is 4.57 Å². The number of benzene rings is 3. The van der Waals surface area contributed by atoms with Crippen molar-refractivity contribution in [3.63, 3.8) is 0 Å². The molecule has 0 saturated carbocycles. The van der Waals surface area contributed by atoms with E-state index in [2.05, 4.69) is 46.7 Å². The van der Waals surface area contributed by atoms with Crippen molar-refractivity contribution in [3.8, 4) is 5.75 Å². The maximum absolute atomic E-state index is 13.3. The molecule has 0 aliphatic carbocycles. The van der Waals surface area contributed by atoms with Crippen LogP contribution in [0.5, 0.6) is 5.75 Å². The van der Waals surface area contributed by atoms with Crippen LogP contribution in [0.25, 0.3) is 11.2 Å². The SMILES string of the molecule is COCC(CCOCP(=O)(OC(C)C)OC(C)C)n1cnc2c(NC(c3ccccc3)(c3ccccc3)c3ccc(OC)cc3)ncnc21. The number of imidazole rings is 1. The second kappa shape index (κ2) is 16.5. The van der Waals surface area contributed by atoms with Crippen LogP contribution in [-0.2, 0) is 28.6 Å². The summed E-state index contributed by atoms with van der Waals surface area (Å²) in [5, 5.41) is 3.82. The summed E-state index contributed by atoms with van der Waals surface area (Å²) < 4.78 is 43.5. The number of aromatic nitrogens is 4. The molecule has 5 rings (SSSR count). The summed E-state index contributed by atoms with van der Waals surface area (Å²) in [7, 11) is -0.111. The number of nitrogens with one attached hydrogen (secondary N) is 1. The van der Waals surface area contributed by atoms with Gasteiger partial charge in [0.25, 0.3) is 0 Å². The maximum atomic E-state index is 13.3. The quantitative estimate of drug-likeness (QED) is 0.0555. The highest BCUT2D eigenvalue weighted by molar-refractivity contribution is 7.53. The lowest BCUT2D eigenvalue weighted by molar-refractivity contribution is 0.0846. The summed E-state index contributed by atoms with van der Waals surface area (Å²) in [6, 6.07) is 28.4. The first-order valence-corrected chi connectivity index (χ1v) is 18.2. The number of anilines is 1. The van der Waals surface area contributed by atoms with Gasteiger partial charge in [0.1, 0.15) is 29.5 Å². The predicted molar refractivity (Wildman–Crippen MR) is 191 cm³/mol. The van der Waals surface area contributed by atoms with E-state index in [4.69, 9.17) is 33.2 Å². The molecular formula is C37H46N5O6P. The van der Waals surface area contributed by atoms with Gasteiger partial charge in [0, 0.05) is 13.7 Å². The van der Waals surface area contributed by atoms with Crippen LogP contribution in [0.15, 0.2) is 97.6 Å². The Morgan fingerprint density at radius 1 is 0.796 bits per heavy atom. The molecule has 0 spiro atoms. The Hall–Kier alpha value is -4.12. The largest absolute Gasteiger partial charge is 0.497 e. The Morgan fingerprint density at radius 3 is 1.94 bits per heavy atom. The van der Waals surface area contributed by atoms with Crippen LogP contribution in [0, 0.1) is 0 Å². The lowest BCUT2D eigenvalue weighted by atomic mass is 9.77. The highest BCUT2D eigenvalue weighted by atomic mass is 31.2. The predicted octanol–water partition coefficient (Wildman–Crippen LogP) is 7.83. The fourth-order valence-electron chi connectivity index (χ4n) is 5.94. The van der Waals surface area contributed by atoms with E-state index in [1.165, 1.54) is 0 Å². The van der Waals surface area contributed by atoms with E-state index >= 15 is 0 Å². The molecule has 12 heteroatoms. The topological polar surface area (TPSA) is 119 Å². The number of hydrogen-bond acceptors (Lipinski definition) is 10. The van der Waals surface area contributed by atoms with Crippen molar-refractivity contribution in [2.24, 2.45) is 0 Å². The normalized spacial score (nSPS) is 12.9. The molecule has 3 aromatic carbocycles. The van der Waals surface area contributed by atoms with E-state index < -0.39 is 13.1 Å². The second-order valence-electron chi connectivity index (χ2n) is 12.2. The van der Waals surface area contributed by atoms with Crippen molar-refractivity contribution in [1.29, 1.82) is 0 Å². The first kappa shape index (κ1) is 36.2. The number of hydrogen-bond donors (Lipinski definition) is 1. The van der Waals surface area contributed by atoms with Gasteiger partial charge < -0.3 is 33.1 Å². The van der Waals surface area contributed by atoms with Crippen molar-refractivity contribution in [1.82, 2.24) is 19.5 Å². The number of fused-ring (bicyclic) bond motifs is 1. The number of methoxy groups -OCH3 is 2. The van der Waals surface area contributed by atoms with Crippen molar-refractivity contribution in [2.75, 3.05) is 39.1 Å². The third-order valence-electron chi connectivity index (χ3n) is 7.94. The van der Waals surface area contributed by atoms with Gasteiger partial charge in [0.05, 0.1) is 38.3 Å². The third-order valence-corrected chi connectivity index (χ3v) is 9.93. The molecule has 260 valence electrons. The van der Waals surface area contributed by atoms with Gasteiger partial charge in [-0.05, 0) is 62.9 Å².